The fourth-order valence-corrected chi connectivity index (χ4v) is 1.65. The maximum Gasteiger partial charge on any atom is 0.293 e. The van der Waals surface area contributed by atoms with Gasteiger partial charge in [-0.05, 0) is 36.4 Å². The van der Waals surface area contributed by atoms with Crippen LogP contribution in [0, 0.1) is 0 Å². The summed E-state index contributed by atoms with van der Waals surface area (Å²) in [5.74, 6) is -0.0709. The molecule has 0 atom stereocenters. The van der Waals surface area contributed by atoms with Gasteiger partial charge in [0.25, 0.3) is 5.91 Å². The summed E-state index contributed by atoms with van der Waals surface area (Å²) >= 11 is 0. The van der Waals surface area contributed by atoms with Crippen LogP contribution in [0.2, 0.25) is 0 Å². The van der Waals surface area contributed by atoms with Crippen LogP contribution in [0.4, 0.5) is 11.4 Å². The topological polar surface area (TPSA) is 62.6 Å². The Morgan fingerprint density at radius 2 is 1.84 bits per heavy atom. The van der Waals surface area contributed by atoms with Crippen LogP contribution in [0.25, 0.3) is 0 Å². The normalized spacial score (nSPS) is 10.0. The maximum atomic E-state index is 12.0. The number of hydrogen-bond donors (Lipinski definition) is 1. The number of anilines is 2. The Bertz CT molecular complexity index is 573. The summed E-state index contributed by atoms with van der Waals surface area (Å²) in [4.78, 5) is 24.4. The molecule has 0 fully saturated rings. The summed E-state index contributed by atoms with van der Waals surface area (Å²) in [6.45, 7) is 1.44. The summed E-state index contributed by atoms with van der Waals surface area (Å²) < 4.78 is 5.07. The van der Waals surface area contributed by atoms with Gasteiger partial charge >= 0.3 is 0 Å². The number of hydrogen-bond acceptors (Lipinski definition) is 3. The van der Waals surface area contributed by atoms with Crippen molar-refractivity contribution in [1.82, 2.24) is 0 Å². The highest BCUT2D eigenvalue weighted by Crippen LogP contribution is 2.18. The molecular weight excluding hydrogens is 244 g/mol. The predicted molar refractivity (Wildman–Crippen MR) is 72.2 cm³/mol. The van der Waals surface area contributed by atoms with E-state index in [0.717, 1.165) is 5.69 Å². The molecule has 1 heterocycles. The van der Waals surface area contributed by atoms with Gasteiger partial charge < -0.3 is 14.6 Å². The first-order valence-electron chi connectivity index (χ1n) is 5.77. The van der Waals surface area contributed by atoms with E-state index in [-0.39, 0.29) is 17.6 Å². The van der Waals surface area contributed by atoms with E-state index in [9.17, 15) is 9.59 Å². The molecule has 98 valence electrons. The molecule has 0 aliphatic carbocycles. The van der Waals surface area contributed by atoms with Gasteiger partial charge in [0.05, 0.1) is 6.26 Å². The molecule has 1 N–H and O–H groups in total. The predicted octanol–water partition coefficient (Wildman–Crippen LogP) is 2.51. The van der Waals surface area contributed by atoms with Crippen molar-refractivity contribution >= 4 is 23.2 Å². The smallest absolute Gasteiger partial charge is 0.293 e. The molecule has 0 bridgehead atoms. The largest absolute Gasteiger partial charge is 0.459 e. The lowest BCUT2D eigenvalue weighted by Crippen LogP contribution is -2.25. The highest BCUT2D eigenvalue weighted by molar-refractivity contribution is 6.03. The Morgan fingerprint density at radius 1 is 1.16 bits per heavy atom. The molecular formula is C14H14N2O3. The average molecular weight is 258 g/mol. The van der Waals surface area contributed by atoms with Crippen molar-refractivity contribution in [3.05, 3.63) is 48.4 Å². The quantitative estimate of drug-likeness (QED) is 0.920. The van der Waals surface area contributed by atoms with Crippen molar-refractivity contribution in [2.75, 3.05) is 17.3 Å². The van der Waals surface area contributed by atoms with Gasteiger partial charge in [-0.15, -0.1) is 0 Å². The lowest BCUT2D eigenvalue weighted by atomic mass is 10.2. The molecule has 2 rings (SSSR count). The third-order valence-electron chi connectivity index (χ3n) is 2.61. The number of rotatable bonds is 3. The molecule has 1 aromatic heterocycles. The Labute approximate surface area is 110 Å². The zero-order chi connectivity index (χ0) is 13.8. The maximum absolute atomic E-state index is 12.0. The zero-order valence-corrected chi connectivity index (χ0v) is 10.7. The van der Waals surface area contributed by atoms with Crippen molar-refractivity contribution < 1.29 is 14.0 Å². The lowest BCUT2D eigenvalue weighted by molar-refractivity contribution is -0.114. The number of nitrogens with one attached hydrogen (secondary N) is 1. The van der Waals surface area contributed by atoms with Gasteiger partial charge in [0.2, 0.25) is 5.91 Å². The van der Waals surface area contributed by atoms with Gasteiger partial charge in [-0.25, -0.2) is 0 Å². The molecule has 1 aromatic carbocycles. The van der Waals surface area contributed by atoms with Crippen molar-refractivity contribution in [3.8, 4) is 0 Å². The van der Waals surface area contributed by atoms with E-state index in [1.807, 2.05) is 0 Å². The molecule has 0 aliphatic rings. The van der Waals surface area contributed by atoms with Crippen LogP contribution in [-0.2, 0) is 4.79 Å². The second kappa shape index (κ2) is 5.39. The standard InChI is InChI=1S/C14H14N2O3/c1-10(17)15-11-5-7-12(8-6-11)16(2)14(18)13-4-3-9-19-13/h3-9H,1-2H3,(H,15,17). The summed E-state index contributed by atoms with van der Waals surface area (Å²) in [5, 5.41) is 2.67. The molecule has 0 saturated heterocycles. The molecule has 2 aromatic rings. The second-order valence-electron chi connectivity index (χ2n) is 4.07. The van der Waals surface area contributed by atoms with E-state index in [4.69, 9.17) is 4.42 Å². The van der Waals surface area contributed by atoms with Gasteiger partial charge in [0, 0.05) is 25.3 Å². The summed E-state index contributed by atoms with van der Waals surface area (Å²) in [7, 11) is 1.66. The summed E-state index contributed by atoms with van der Waals surface area (Å²) in [6.07, 6.45) is 1.46. The van der Waals surface area contributed by atoms with Crippen LogP contribution in [0.1, 0.15) is 17.5 Å². The number of carbonyl (C=O) groups excluding carboxylic acids is 2. The Kier molecular flexibility index (Phi) is 3.66. The molecule has 0 spiro atoms. The van der Waals surface area contributed by atoms with E-state index in [1.54, 1.807) is 43.4 Å². The van der Waals surface area contributed by atoms with Gasteiger partial charge in [-0.3, -0.25) is 9.59 Å². The third-order valence-corrected chi connectivity index (χ3v) is 2.61. The third kappa shape index (κ3) is 3.01. The molecule has 0 radical (unpaired) electrons. The summed E-state index contributed by atoms with van der Waals surface area (Å²) in [5.41, 5.74) is 1.41. The van der Waals surface area contributed by atoms with Crippen molar-refractivity contribution in [3.63, 3.8) is 0 Å². The Morgan fingerprint density at radius 3 is 2.37 bits per heavy atom. The molecule has 5 heteroatoms. The molecule has 2 amide bonds. The van der Waals surface area contributed by atoms with Crippen LogP contribution in [0.15, 0.2) is 47.1 Å². The summed E-state index contributed by atoms with van der Waals surface area (Å²) in [6, 6.07) is 10.3. The number of nitrogens with zero attached hydrogens (tertiary/aromatic N) is 1. The lowest BCUT2D eigenvalue weighted by Gasteiger charge is -2.16. The molecule has 0 unspecified atom stereocenters. The highest BCUT2D eigenvalue weighted by atomic mass is 16.3. The van der Waals surface area contributed by atoms with Crippen LogP contribution in [0.5, 0.6) is 0 Å². The first-order chi connectivity index (χ1) is 9.08. The van der Waals surface area contributed by atoms with Crippen LogP contribution < -0.4 is 10.2 Å². The van der Waals surface area contributed by atoms with E-state index in [2.05, 4.69) is 5.32 Å². The van der Waals surface area contributed by atoms with Crippen molar-refractivity contribution in [1.29, 1.82) is 0 Å². The fourth-order valence-electron chi connectivity index (χ4n) is 1.65. The monoisotopic (exact) mass is 258 g/mol. The van der Waals surface area contributed by atoms with E-state index in [1.165, 1.54) is 18.1 Å². The van der Waals surface area contributed by atoms with Crippen LogP contribution >= 0.6 is 0 Å². The Balaban J connectivity index is 2.13. The van der Waals surface area contributed by atoms with E-state index >= 15 is 0 Å². The van der Waals surface area contributed by atoms with E-state index in [0.29, 0.717) is 5.69 Å². The molecule has 5 nitrogen and oxygen atoms in total. The van der Waals surface area contributed by atoms with Crippen LogP contribution in [-0.4, -0.2) is 18.9 Å². The van der Waals surface area contributed by atoms with Gasteiger partial charge in [0.15, 0.2) is 5.76 Å². The molecule has 0 saturated carbocycles. The number of carbonyl (C=O) groups is 2. The molecule has 0 aliphatic heterocycles. The zero-order valence-electron chi connectivity index (χ0n) is 10.7. The van der Waals surface area contributed by atoms with Crippen molar-refractivity contribution in [2.45, 2.75) is 6.92 Å². The minimum absolute atomic E-state index is 0.132. The van der Waals surface area contributed by atoms with Gasteiger partial charge in [-0.1, -0.05) is 0 Å². The number of benzene rings is 1. The first kappa shape index (κ1) is 12.9. The SMILES string of the molecule is CC(=O)Nc1ccc(N(C)C(=O)c2ccco2)cc1. The van der Waals surface area contributed by atoms with E-state index < -0.39 is 0 Å². The second-order valence-corrected chi connectivity index (χ2v) is 4.07. The highest BCUT2D eigenvalue weighted by Gasteiger charge is 2.15. The number of furan rings is 1. The average Bonchev–Trinajstić information content (AvgIpc) is 2.91. The molecule has 19 heavy (non-hydrogen) atoms. The van der Waals surface area contributed by atoms with Gasteiger partial charge in [0.1, 0.15) is 0 Å². The number of amides is 2. The Hall–Kier alpha value is -2.56. The van der Waals surface area contributed by atoms with Crippen LogP contribution in [0.3, 0.4) is 0 Å². The van der Waals surface area contributed by atoms with Crippen molar-refractivity contribution in [2.24, 2.45) is 0 Å². The minimum Gasteiger partial charge on any atom is -0.459 e. The first-order valence-corrected chi connectivity index (χ1v) is 5.77. The fraction of sp³-hybridized carbons (Fsp3) is 0.143. The minimum atomic E-state index is -0.225. The van der Waals surface area contributed by atoms with Gasteiger partial charge in [-0.2, -0.15) is 0 Å².